The molecule has 0 unspecified atom stereocenters. The molecule has 0 amide bonds. The van der Waals surface area contributed by atoms with Gasteiger partial charge in [-0.15, -0.1) is 0 Å². The summed E-state index contributed by atoms with van der Waals surface area (Å²) in [6.45, 7) is 4.36. The molecule has 0 aromatic carbocycles. The minimum atomic E-state index is 0.00669. The number of aromatic nitrogens is 2. The van der Waals surface area contributed by atoms with Crippen LogP contribution in [0.2, 0.25) is 0 Å². The van der Waals surface area contributed by atoms with Crippen molar-refractivity contribution in [2.75, 3.05) is 0 Å². The lowest BCUT2D eigenvalue weighted by molar-refractivity contribution is 0.240. The van der Waals surface area contributed by atoms with Gasteiger partial charge in [0.25, 0.3) is 0 Å². The molecular formula is C13H23N3. The highest BCUT2D eigenvalue weighted by Crippen LogP contribution is 2.32. The van der Waals surface area contributed by atoms with Crippen LogP contribution in [-0.4, -0.2) is 15.3 Å². The highest BCUT2D eigenvalue weighted by Gasteiger charge is 2.31. The van der Waals surface area contributed by atoms with Crippen molar-refractivity contribution in [3.8, 4) is 0 Å². The van der Waals surface area contributed by atoms with Crippen LogP contribution in [0.15, 0.2) is 6.07 Å². The Balaban J connectivity index is 2.06. The summed E-state index contributed by atoms with van der Waals surface area (Å²) >= 11 is 0. The first-order chi connectivity index (χ1) is 7.48. The molecule has 3 heteroatoms. The maximum atomic E-state index is 6.49. The van der Waals surface area contributed by atoms with Crippen LogP contribution in [0.4, 0.5) is 0 Å². The van der Waals surface area contributed by atoms with Gasteiger partial charge in [0.1, 0.15) is 0 Å². The number of hydrogen-bond donors (Lipinski definition) is 1. The van der Waals surface area contributed by atoms with E-state index in [2.05, 4.69) is 18.1 Å². The molecule has 0 spiro atoms. The fraction of sp³-hybridized carbons (Fsp3) is 0.769. The molecule has 1 aliphatic carbocycles. The number of hydrogen-bond acceptors (Lipinski definition) is 2. The van der Waals surface area contributed by atoms with Gasteiger partial charge in [0.2, 0.25) is 0 Å². The fourth-order valence-corrected chi connectivity index (χ4v) is 2.70. The number of aryl methyl sites for hydroxylation is 2. The van der Waals surface area contributed by atoms with Gasteiger partial charge in [-0.2, -0.15) is 5.10 Å². The van der Waals surface area contributed by atoms with Crippen molar-refractivity contribution < 1.29 is 0 Å². The smallest absolute Gasteiger partial charge is 0.0596 e. The number of nitrogens with two attached hydrogens (primary N) is 1. The van der Waals surface area contributed by atoms with E-state index in [1.807, 2.05) is 18.7 Å². The average molecular weight is 221 g/mol. The van der Waals surface area contributed by atoms with E-state index in [1.54, 1.807) is 0 Å². The lowest BCUT2D eigenvalue weighted by Gasteiger charge is -2.36. The third kappa shape index (κ3) is 2.46. The van der Waals surface area contributed by atoms with Crippen molar-refractivity contribution in [1.29, 1.82) is 0 Å². The zero-order valence-corrected chi connectivity index (χ0v) is 10.7. The molecule has 1 fully saturated rings. The lowest BCUT2D eigenvalue weighted by atomic mass is 9.75. The van der Waals surface area contributed by atoms with Crippen LogP contribution in [-0.2, 0) is 13.5 Å². The second-order valence-corrected chi connectivity index (χ2v) is 5.62. The van der Waals surface area contributed by atoms with Crippen molar-refractivity contribution in [2.45, 2.75) is 51.5 Å². The van der Waals surface area contributed by atoms with Gasteiger partial charge in [0.05, 0.1) is 5.69 Å². The van der Waals surface area contributed by atoms with Gasteiger partial charge in [-0.1, -0.05) is 6.92 Å². The van der Waals surface area contributed by atoms with Gasteiger partial charge >= 0.3 is 0 Å². The molecule has 1 aliphatic rings. The Morgan fingerprint density at radius 2 is 2.12 bits per heavy atom. The Morgan fingerprint density at radius 3 is 2.62 bits per heavy atom. The molecule has 2 N–H and O–H groups in total. The molecule has 1 aromatic rings. The van der Waals surface area contributed by atoms with Crippen LogP contribution < -0.4 is 5.73 Å². The third-order valence-electron chi connectivity index (χ3n) is 3.90. The maximum Gasteiger partial charge on any atom is 0.0596 e. The summed E-state index contributed by atoms with van der Waals surface area (Å²) in [5.41, 5.74) is 8.86. The molecule has 3 nitrogen and oxygen atoms in total. The summed E-state index contributed by atoms with van der Waals surface area (Å²) in [5.74, 6) is 0.852. The first kappa shape index (κ1) is 11.6. The Labute approximate surface area is 98.0 Å². The topological polar surface area (TPSA) is 43.8 Å². The Morgan fingerprint density at radius 1 is 1.50 bits per heavy atom. The van der Waals surface area contributed by atoms with E-state index in [1.165, 1.54) is 18.5 Å². The Bertz CT molecular complexity index is 359. The first-order valence-electron chi connectivity index (χ1n) is 6.27. The number of nitrogens with zero attached hydrogens (tertiary/aromatic N) is 2. The minimum Gasteiger partial charge on any atom is -0.325 e. The molecule has 90 valence electrons. The predicted molar refractivity (Wildman–Crippen MR) is 66.2 cm³/mol. The molecule has 0 aliphatic heterocycles. The minimum absolute atomic E-state index is 0.00669. The molecular weight excluding hydrogens is 198 g/mol. The van der Waals surface area contributed by atoms with Crippen LogP contribution in [0.25, 0.3) is 0 Å². The molecule has 0 atom stereocenters. The summed E-state index contributed by atoms with van der Waals surface area (Å²) in [5, 5.41) is 4.38. The molecule has 1 aromatic heterocycles. The van der Waals surface area contributed by atoms with Crippen LogP contribution >= 0.6 is 0 Å². The van der Waals surface area contributed by atoms with Crippen molar-refractivity contribution in [3.05, 3.63) is 17.5 Å². The summed E-state index contributed by atoms with van der Waals surface area (Å²) in [7, 11) is 2.01. The van der Waals surface area contributed by atoms with E-state index in [4.69, 9.17) is 5.73 Å². The van der Waals surface area contributed by atoms with Crippen molar-refractivity contribution >= 4 is 0 Å². The zero-order valence-electron chi connectivity index (χ0n) is 10.7. The molecule has 0 bridgehead atoms. The highest BCUT2D eigenvalue weighted by molar-refractivity contribution is 5.12. The van der Waals surface area contributed by atoms with Crippen LogP contribution in [0.3, 0.4) is 0 Å². The Kier molecular flexibility index (Phi) is 3.06. The van der Waals surface area contributed by atoms with Gasteiger partial charge in [-0.3, -0.25) is 4.68 Å². The molecule has 1 heterocycles. The lowest BCUT2D eigenvalue weighted by Crippen LogP contribution is -2.45. The normalized spacial score (nSPS) is 30.6. The molecule has 0 radical (unpaired) electrons. The molecule has 16 heavy (non-hydrogen) atoms. The molecule has 0 saturated heterocycles. The van der Waals surface area contributed by atoms with E-state index in [-0.39, 0.29) is 5.54 Å². The third-order valence-corrected chi connectivity index (χ3v) is 3.90. The van der Waals surface area contributed by atoms with Crippen molar-refractivity contribution in [2.24, 2.45) is 18.7 Å². The largest absolute Gasteiger partial charge is 0.325 e. The van der Waals surface area contributed by atoms with E-state index >= 15 is 0 Å². The summed E-state index contributed by atoms with van der Waals surface area (Å²) in [6, 6.07) is 2.16. The van der Waals surface area contributed by atoms with Crippen LogP contribution in [0.1, 0.15) is 44.0 Å². The van der Waals surface area contributed by atoms with Gasteiger partial charge in [-0.25, -0.2) is 0 Å². The monoisotopic (exact) mass is 221 g/mol. The zero-order chi connectivity index (χ0) is 11.8. The fourth-order valence-electron chi connectivity index (χ4n) is 2.70. The van der Waals surface area contributed by atoms with E-state index in [0.717, 1.165) is 30.9 Å². The second-order valence-electron chi connectivity index (χ2n) is 5.62. The predicted octanol–water partition coefficient (Wildman–Crippen LogP) is 2.18. The number of rotatable bonds is 2. The van der Waals surface area contributed by atoms with Crippen LogP contribution in [0.5, 0.6) is 0 Å². The quantitative estimate of drug-likeness (QED) is 0.832. The van der Waals surface area contributed by atoms with Gasteiger partial charge < -0.3 is 5.73 Å². The summed E-state index contributed by atoms with van der Waals surface area (Å²) < 4.78 is 1.97. The van der Waals surface area contributed by atoms with E-state index in [0.29, 0.717) is 0 Å². The molecule has 1 saturated carbocycles. The van der Waals surface area contributed by atoms with E-state index < -0.39 is 0 Å². The average Bonchev–Trinajstić information content (AvgIpc) is 2.51. The molecule has 2 rings (SSSR count). The highest BCUT2D eigenvalue weighted by atomic mass is 15.3. The van der Waals surface area contributed by atoms with Crippen LogP contribution in [0, 0.1) is 12.8 Å². The summed E-state index contributed by atoms with van der Waals surface area (Å²) in [4.78, 5) is 0. The van der Waals surface area contributed by atoms with Crippen molar-refractivity contribution in [1.82, 2.24) is 9.78 Å². The van der Waals surface area contributed by atoms with Gasteiger partial charge in [-0.05, 0) is 44.6 Å². The van der Waals surface area contributed by atoms with Crippen molar-refractivity contribution in [3.63, 3.8) is 0 Å². The Hall–Kier alpha value is -0.830. The maximum absolute atomic E-state index is 6.49. The van der Waals surface area contributed by atoms with Gasteiger partial charge in [0, 0.05) is 24.7 Å². The van der Waals surface area contributed by atoms with Gasteiger partial charge in [0.15, 0.2) is 0 Å². The SMILES string of the molecule is Cc1cc(CC2(N)CCC(C)CC2)n(C)n1. The first-order valence-corrected chi connectivity index (χ1v) is 6.27. The summed E-state index contributed by atoms with van der Waals surface area (Å²) in [6.07, 6.45) is 5.81. The second kappa shape index (κ2) is 4.21. The standard InChI is InChI=1S/C13H23N3/c1-10-4-6-13(14,7-5-10)9-12-8-11(2)15-16(12)3/h8,10H,4-7,9,14H2,1-3H3. The van der Waals surface area contributed by atoms with E-state index in [9.17, 15) is 0 Å².